The van der Waals surface area contributed by atoms with E-state index in [0.717, 1.165) is 25.7 Å². The van der Waals surface area contributed by atoms with Gasteiger partial charge in [0.1, 0.15) is 6.61 Å². The van der Waals surface area contributed by atoms with Gasteiger partial charge in [0.15, 0.2) is 0 Å². The van der Waals surface area contributed by atoms with Crippen LogP contribution in [-0.4, -0.2) is 55.0 Å². The maximum Gasteiger partial charge on any atom is 0.409 e. The van der Waals surface area contributed by atoms with Crippen LogP contribution in [0.25, 0.3) is 0 Å². The Balaban J connectivity index is 4.11. The van der Waals surface area contributed by atoms with Crippen molar-refractivity contribution in [3.63, 3.8) is 0 Å². The highest BCUT2D eigenvalue weighted by Crippen LogP contribution is 2.04. The summed E-state index contributed by atoms with van der Waals surface area (Å²) in [5, 5.41) is 8.71. The van der Waals surface area contributed by atoms with Crippen molar-refractivity contribution in [1.29, 1.82) is 0 Å². The standard InChI is InChI=1S/C15H27NO5/c1-4-20-15(19)16(9-7-5-6-8-11-17)10-12-21-14(18)13(2)3/h17H,2,4-12H2,1,3H3. The van der Waals surface area contributed by atoms with Gasteiger partial charge in [-0.2, -0.15) is 0 Å². The lowest BCUT2D eigenvalue weighted by molar-refractivity contribution is -0.139. The van der Waals surface area contributed by atoms with E-state index in [4.69, 9.17) is 14.6 Å². The number of aliphatic hydroxyl groups excluding tert-OH is 1. The van der Waals surface area contributed by atoms with Crippen LogP contribution in [0.4, 0.5) is 4.79 Å². The zero-order valence-corrected chi connectivity index (χ0v) is 13.1. The third-order valence-electron chi connectivity index (χ3n) is 2.80. The monoisotopic (exact) mass is 301 g/mol. The Morgan fingerprint density at radius 2 is 1.76 bits per heavy atom. The van der Waals surface area contributed by atoms with E-state index in [0.29, 0.717) is 25.3 Å². The number of hydrogen-bond donors (Lipinski definition) is 1. The van der Waals surface area contributed by atoms with Gasteiger partial charge in [0, 0.05) is 18.7 Å². The van der Waals surface area contributed by atoms with E-state index in [-0.39, 0.29) is 13.2 Å². The average Bonchev–Trinajstić information content (AvgIpc) is 2.45. The van der Waals surface area contributed by atoms with Crippen molar-refractivity contribution in [2.24, 2.45) is 0 Å². The molecule has 0 aromatic heterocycles. The molecule has 0 heterocycles. The molecule has 6 nitrogen and oxygen atoms in total. The topological polar surface area (TPSA) is 76.1 Å². The van der Waals surface area contributed by atoms with Crippen LogP contribution in [0.15, 0.2) is 12.2 Å². The van der Waals surface area contributed by atoms with E-state index in [1.165, 1.54) is 4.90 Å². The summed E-state index contributed by atoms with van der Waals surface area (Å²) >= 11 is 0. The molecule has 1 N–H and O–H groups in total. The molecule has 122 valence electrons. The van der Waals surface area contributed by atoms with Gasteiger partial charge in [0.05, 0.1) is 13.2 Å². The third kappa shape index (κ3) is 9.90. The maximum absolute atomic E-state index is 11.8. The van der Waals surface area contributed by atoms with Gasteiger partial charge >= 0.3 is 12.1 Å². The van der Waals surface area contributed by atoms with Gasteiger partial charge in [-0.25, -0.2) is 9.59 Å². The van der Waals surface area contributed by atoms with Crippen LogP contribution in [0.1, 0.15) is 39.5 Å². The molecular weight excluding hydrogens is 274 g/mol. The molecular formula is C15H27NO5. The van der Waals surface area contributed by atoms with Gasteiger partial charge in [0.25, 0.3) is 0 Å². The SMILES string of the molecule is C=C(C)C(=O)OCCN(CCCCCCO)C(=O)OCC. The highest BCUT2D eigenvalue weighted by molar-refractivity contribution is 5.86. The number of carbonyl (C=O) groups excluding carboxylic acids is 2. The average molecular weight is 301 g/mol. The molecule has 0 spiro atoms. The zero-order chi connectivity index (χ0) is 16.1. The molecule has 0 fully saturated rings. The predicted octanol–water partition coefficient (Wildman–Crippen LogP) is 2.12. The first-order valence-corrected chi connectivity index (χ1v) is 7.38. The van der Waals surface area contributed by atoms with E-state index in [1.807, 2.05) is 0 Å². The summed E-state index contributed by atoms with van der Waals surface area (Å²) in [7, 11) is 0. The Morgan fingerprint density at radius 1 is 1.10 bits per heavy atom. The third-order valence-corrected chi connectivity index (χ3v) is 2.80. The number of hydrogen-bond acceptors (Lipinski definition) is 5. The van der Waals surface area contributed by atoms with Gasteiger partial charge in [-0.3, -0.25) is 0 Å². The van der Waals surface area contributed by atoms with E-state index >= 15 is 0 Å². The summed E-state index contributed by atoms with van der Waals surface area (Å²) in [5.74, 6) is -0.457. The zero-order valence-electron chi connectivity index (χ0n) is 13.1. The van der Waals surface area contributed by atoms with Crippen LogP contribution in [-0.2, 0) is 14.3 Å². The van der Waals surface area contributed by atoms with Crippen LogP contribution in [0.2, 0.25) is 0 Å². The lowest BCUT2D eigenvalue weighted by Gasteiger charge is -2.21. The summed E-state index contributed by atoms with van der Waals surface area (Å²) in [6.07, 6.45) is 3.06. The highest BCUT2D eigenvalue weighted by Gasteiger charge is 2.14. The van der Waals surface area contributed by atoms with Crippen molar-refractivity contribution in [3.8, 4) is 0 Å². The highest BCUT2D eigenvalue weighted by atomic mass is 16.6. The number of esters is 1. The summed E-state index contributed by atoms with van der Waals surface area (Å²) in [6, 6.07) is 0. The number of nitrogens with zero attached hydrogens (tertiary/aromatic N) is 1. The molecule has 0 saturated heterocycles. The van der Waals surface area contributed by atoms with Crippen LogP contribution in [0.5, 0.6) is 0 Å². The second-order valence-corrected chi connectivity index (χ2v) is 4.74. The maximum atomic E-state index is 11.8. The van der Waals surface area contributed by atoms with Crippen molar-refractivity contribution >= 4 is 12.1 Å². The predicted molar refractivity (Wildman–Crippen MR) is 79.9 cm³/mol. The number of ether oxygens (including phenoxy) is 2. The van der Waals surface area contributed by atoms with Crippen molar-refractivity contribution in [2.75, 3.05) is 32.9 Å². The fourth-order valence-electron chi connectivity index (χ4n) is 1.65. The van der Waals surface area contributed by atoms with Gasteiger partial charge in [-0.15, -0.1) is 0 Å². The van der Waals surface area contributed by atoms with Crippen LogP contribution < -0.4 is 0 Å². The van der Waals surface area contributed by atoms with Crippen LogP contribution >= 0.6 is 0 Å². The van der Waals surface area contributed by atoms with Crippen molar-refractivity contribution in [1.82, 2.24) is 4.90 Å². The fourth-order valence-corrected chi connectivity index (χ4v) is 1.65. The molecule has 0 bridgehead atoms. The van der Waals surface area contributed by atoms with Crippen molar-refractivity contribution in [2.45, 2.75) is 39.5 Å². The molecule has 0 aliphatic heterocycles. The van der Waals surface area contributed by atoms with Gasteiger partial charge in [-0.05, 0) is 26.7 Å². The van der Waals surface area contributed by atoms with Crippen molar-refractivity contribution in [3.05, 3.63) is 12.2 Å². The minimum Gasteiger partial charge on any atom is -0.460 e. The Kier molecular flexibility index (Phi) is 11.3. The molecule has 0 aliphatic carbocycles. The fraction of sp³-hybridized carbons (Fsp3) is 0.733. The van der Waals surface area contributed by atoms with Crippen LogP contribution in [0.3, 0.4) is 0 Å². The normalized spacial score (nSPS) is 10.0. The molecule has 0 atom stereocenters. The first-order chi connectivity index (χ1) is 10.0. The molecule has 0 aromatic rings. The van der Waals surface area contributed by atoms with Gasteiger partial charge < -0.3 is 19.5 Å². The number of rotatable bonds is 11. The summed E-state index contributed by atoms with van der Waals surface area (Å²) in [6.45, 7) is 8.30. The van der Waals surface area contributed by atoms with Crippen molar-refractivity contribution < 1.29 is 24.2 Å². The minimum atomic E-state index is -0.457. The number of amides is 1. The molecule has 0 radical (unpaired) electrons. The molecule has 21 heavy (non-hydrogen) atoms. The van der Waals surface area contributed by atoms with Gasteiger partial charge in [-0.1, -0.05) is 19.4 Å². The Bertz CT molecular complexity index is 330. The molecule has 0 aromatic carbocycles. The lowest BCUT2D eigenvalue weighted by atomic mass is 10.2. The summed E-state index contributed by atoms with van der Waals surface area (Å²) in [5.41, 5.74) is 0.335. The Labute approximate surface area is 126 Å². The smallest absolute Gasteiger partial charge is 0.409 e. The number of unbranched alkanes of at least 4 members (excludes halogenated alkanes) is 3. The minimum absolute atomic E-state index is 0.126. The van der Waals surface area contributed by atoms with Crippen LogP contribution in [0, 0.1) is 0 Å². The largest absolute Gasteiger partial charge is 0.460 e. The summed E-state index contributed by atoms with van der Waals surface area (Å²) < 4.78 is 9.96. The molecule has 6 heteroatoms. The molecule has 1 amide bonds. The first-order valence-electron chi connectivity index (χ1n) is 7.38. The number of aliphatic hydroxyl groups is 1. The molecule has 0 unspecified atom stereocenters. The second-order valence-electron chi connectivity index (χ2n) is 4.74. The Hall–Kier alpha value is -1.56. The summed E-state index contributed by atoms with van der Waals surface area (Å²) in [4.78, 5) is 24.6. The van der Waals surface area contributed by atoms with Gasteiger partial charge in [0.2, 0.25) is 0 Å². The van der Waals surface area contributed by atoms with E-state index in [1.54, 1.807) is 13.8 Å². The molecule has 0 aliphatic rings. The molecule has 0 rings (SSSR count). The first kappa shape index (κ1) is 19.4. The van der Waals surface area contributed by atoms with E-state index < -0.39 is 12.1 Å². The quantitative estimate of drug-likeness (QED) is 0.359. The number of carbonyl (C=O) groups is 2. The van der Waals surface area contributed by atoms with E-state index in [2.05, 4.69) is 6.58 Å². The Morgan fingerprint density at radius 3 is 2.33 bits per heavy atom. The molecule has 0 saturated carbocycles. The van der Waals surface area contributed by atoms with E-state index in [9.17, 15) is 9.59 Å². The second kappa shape index (κ2) is 12.2. The lowest BCUT2D eigenvalue weighted by Crippen LogP contribution is -2.35.